The van der Waals surface area contributed by atoms with E-state index in [-0.39, 0.29) is 11.9 Å². The molecule has 4 heteroatoms. The fourth-order valence-corrected chi connectivity index (χ4v) is 3.13. The monoisotopic (exact) mass is 308 g/mol. The molecule has 0 bridgehead atoms. The summed E-state index contributed by atoms with van der Waals surface area (Å²) in [6.07, 6.45) is 5.07. The first-order valence-electron chi connectivity index (χ1n) is 7.97. The minimum atomic E-state index is 0.146. The van der Waals surface area contributed by atoms with Crippen LogP contribution in [-0.4, -0.2) is 30.4 Å². The summed E-state index contributed by atoms with van der Waals surface area (Å²) in [6.45, 7) is 4.91. The molecule has 1 fully saturated rings. The number of hydrogen-bond acceptors (Lipinski definition) is 2. The molecule has 1 amide bonds. The van der Waals surface area contributed by atoms with Crippen molar-refractivity contribution in [2.24, 2.45) is 0 Å². The fraction of sp³-hybridized carbons (Fsp3) is 0.588. The summed E-state index contributed by atoms with van der Waals surface area (Å²) < 4.78 is 0. The Balaban J connectivity index is 2.03. The van der Waals surface area contributed by atoms with Crippen LogP contribution < -0.4 is 5.32 Å². The van der Waals surface area contributed by atoms with Crippen molar-refractivity contribution >= 4 is 17.5 Å². The standard InChI is InChI=1S/C17H25ClN2O/c1-2-3-10-17(21)19-13-16(20-11-6-7-12-20)14-8-4-5-9-15(14)18/h4-5,8-9,16H,2-3,6-7,10-13H2,1H3,(H,19,21)/t16-/m0/s1. The van der Waals surface area contributed by atoms with Crippen molar-refractivity contribution in [3.8, 4) is 0 Å². The van der Waals surface area contributed by atoms with Gasteiger partial charge in [-0.3, -0.25) is 9.69 Å². The van der Waals surface area contributed by atoms with E-state index in [1.807, 2.05) is 18.2 Å². The summed E-state index contributed by atoms with van der Waals surface area (Å²) in [5, 5.41) is 3.87. The fourth-order valence-electron chi connectivity index (χ4n) is 2.87. The Morgan fingerprint density at radius 2 is 2.05 bits per heavy atom. The van der Waals surface area contributed by atoms with Gasteiger partial charge in [-0.25, -0.2) is 0 Å². The van der Waals surface area contributed by atoms with Crippen LogP contribution in [0.3, 0.4) is 0 Å². The summed E-state index contributed by atoms with van der Waals surface area (Å²) in [4.78, 5) is 14.3. The summed E-state index contributed by atoms with van der Waals surface area (Å²) in [6, 6.07) is 8.16. The summed E-state index contributed by atoms with van der Waals surface area (Å²) in [5.74, 6) is 0.146. The molecule has 0 radical (unpaired) electrons. The molecule has 1 atom stereocenters. The number of halogens is 1. The van der Waals surface area contributed by atoms with E-state index >= 15 is 0 Å². The summed E-state index contributed by atoms with van der Waals surface area (Å²) in [7, 11) is 0. The number of carbonyl (C=O) groups excluding carboxylic acids is 1. The lowest BCUT2D eigenvalue weighted by atomic mass is 10.1. The normalized spacial score (nSPS) is 16.9. The molecule has 3 nitrogen and oxygen atoms in total. The smallest absolute Gasteiger partial charge is 0.220 e. The second-order valence-corrected chi connectivity index (χ2v) is 6.10. The first kappa shape index (κ1) is 16.3. The first-order valence-corrected chi connectivity index (χ1v) is 8.35. The minimum absolute atomic E-state index is 0.146. The highest BCUT2D eigenvalue weighted by Gasteiger charge is 2.25. The van der Waals surface area contributed by atoms with E-state index in [0.717, 1.165) is 36.5 Å². The van der Waals surface area contributed by atoms with Crippen molar-refractivity contribution < 1.29 is 4.79 Å². The molecule has 1 aliphatic rings. The van der Waals surface area contributed by atoms with Crippen LogP contribution in [0.15, 0.2) is 24.3 Å². The maximum absolute atomic E-state index is 11.9. The van der Waals surface area contributed by atoms with Gasteiger partial charge in [0.15, 0.2) is 0 Å². The van der Waals surface area contributed by atoms with Gasteiger partial charge in [-0.15, -0.1) is 0 Å². The van der Waals surface area contributed by atoms with E-state index in [4.69, 9.17) is 11.6 Å². The number of hydrogen-bond donors (Lipinski definition) is 1. The van der Waals surface area contributed by atoms with Crippen molar-refractivity contribution in [3.05, 3.63) is 34.9 Å². The third-order valence-corrected chi connectivity index (χ3v) is 4.44. The van der Waals surface area contributed by atoms with Crippen LogP contribution in [0.5, 0.6) is 0 Å². The molecule has 1 aromatic rings. The largest absolute Gasteiger partial charge is 0.354 e. The Kier molecular flexibility index (Phi) is 6.52. The predicted octanol–water partition coefficient (Wildman–Crippen LogP) is 3.78. The maximum atomic E-state index is 11.9. The van der Waals surface area contributed by atoms with E-state index < -0.39 is 0 Å². The van der Waals surface area contributed by atoms with E-state index in [1.165, 1.54) is 12.8 Å². The molecule has 116 valence electrons. The van der Waals surface area contributed by atoms with Crippen molar-refractivity contribution in [2.45, 2.75) is 45.1 Å². The quantitative estimate of drug-likeness (QED) is 0.831. The predicted molar refractivity (Wildman–Crippen MR) is 87.5 cm³/mol. The topological polar surface area (TPSA) is 32.3 Å². The van der Waals surface area contributed by atoms with Crippen LogP contribution in [0, 0.1) is 0 Å². The number of amides is 1. The molecular formula is C17H25ClN2O. The van der Waals surface area contributed by atoms with Gasteiger partial charge in [0.1, 0.15) is 0 Å². The number of rotatable bonds is 7. The molecule has 1 aromatic carbocycles. The molecule has 0 spiro atoms. The SMILES string of the molecule is CCCCC(=O)NC[C@@H](c1ccccc1Cl)N1CCCC1. The van der Waals surface area contributed by atoms with Crippen molar-refractivity contribution in [2.75, 3.05) is 19.6 Å². The zero-order valence-corrected chi connectivity index (χ0v) is 13.5. The molecule has 0 saturated carbocycles. The zero-order valence-electron chi connectivity index (χ0n) is 12.8. The molecule has 0 unspecified atom stereocenters. The van der Waals surface area contributed by atoms with Gasteiger partial charge in [0.25, 0.3) is 0 Å². The van der Waals surface area contributed by atoms with Crippen LogP contribution in [-0.2, 0) is 4.79 Å². The number of carbonyl (C=O) groups is 1. The van der Waals surface area contributed by atoms with Gasteiger partial charge in [0, 0.05) is 18.0 Å². The van der Waals surface area contributed by atoms with Crippen LogP contribution >= 0.6 is 11.6 Å². The lowest BCUT2D eigenvalue weighted by molar-refractivity contribution is -0.121. The lowest BCUT2D eigenvalue weighted by Crippen LogP contribution is -2.36. The Labute approximate surface area is 132 Å². The second kappa shape index (κ2) is 8.40. The number of benzene rings is 1. The minimum Gasteiger partial charge on any atom is -0.354 e. The van der Waals surface area contributed by atoms with Crippen molar-refractivity contribution in [3.63, 3.8) is 0 Å². The number of nitrogens with zero attached hydrogens (tertiary/aromatic N) is 1. The van der Waals surface area contributed by atoms with Crippen molar-refractivity contribution in [1.29, 1.82) is 0 Å². The third kappa shape index (κ3) is 4.72. The molecule has 1 saturated heterocycles. The third-order valence-electron chi connectivity index (χ3n) is 4.10. The zero-order chi connectivity index (χ0) is 15.1. The van der Waals surface area contributed by atoms with Crippen LogP contribution in [0.25, 0.3) is 0 Å². The summed E-state index contributed by atoms with van der Waals surface area (Å²) in [5.41, 5.74) is 1.12. The Morgan fingerprint density at radius 3 is 2.71 bits per heavy atom. The van der Waals surface area contributed by atoms with Crippen LogP contribution in [0.2, 0.25) is 5.02 Å². The van der Waals surface area contributed by atoms with E-state index in [1.54, 1.807) is 0 Å². The summed E-state index contributed by atoms with van der Waals surface area (Å²) >= 11 is 6.36. The Morgan fingerprint density at radius 1 is 1.33 bits per heavy atom. The molecule has 21 heavy (non-hydrogen) atoms. The van der Waals surface area contributed by atoms with Gasteiger partial charge < -0.3 is 5.32 Å². The van der Waals surface area contributed by atoms with Crippen molar-refractivity contribution in [1.82, 2.24) is 10.2 Å². The van der Waals surface area contributed by atoms with Crippen LogP contribution in [0.4, 0.5) is 0 Å². The van der Waals surface area contributed by atoms with Gasteiger partial charge in [-0.2, -0.15) is 0 Å². The maximum Gasteiger partial charge on any atom is 0.220 e. The highest BCUT2D eigenvalue weighted by Crippen LogP contribution is 2.29. The van der Waals surface area contributed by atoms with Gasteiger partial charge in [-0.05, 0) is 44.0 Å². The highest BCUT2D eigenvalue weighted by molar-refractivity contribution is 6.31. The van der Waals surface area contributed by atoms with Gasteiger partial charge >= 0.3 is 0 Å². The van der Waals surface area contributed by atoms with Crippen LogP contribution in [0.1, 0.15) is 50.6 Å². The molecule has 2 rings (SSSR count). The van der Waals surface area contributed by atoms with E-state index in [0.29, 0.717) is 13.0 Å². The van der Waals surface area contributed by atoms with Gasteiger partial charge in [0.05, 0.1) is 6.04 Å². The Hall–Kier alpha value is -1.06. The average molecular weight is 309 g/mol. The number of likely N-dealkylation sites (tertiary alicyclic amines) is 1. The molecule has 1 N–H and O–H groups in total. The number of nitrogens with one attached hydrogen (secondary N) is 1. The van der Waals surface area contributed by atoms with E-state index in [2.05, 4.69) is 23.2 Å². The van der Waals surface area contributed by atoms with Gasteiger partial charge in [0.2, 0.25) is 5.91 Å². The molecule has 1 aliphatic heterocycles. The molecule has 0 aromatic heterocycles. The van der Waals surface area contributed by atoms with E-state index in [9.17, 15) is 4.79 Å². The highest BCUT2D eigenvalue weighted by atomic mass is 35.5. The number of unbranched alkanes of at least 4 members (excludes halogenated alkanes) is 1. The van der Waals surface area contributed by atoms with Gasteiger partial charge in [-0.1, -0.05) is 43.1 Å². The molecule has 0 aliphatic carbocycles. The first-order chi connectivity index (χ1) is 10.2. The second-order valence-electron chi connectivity index (χ2n) is 5.69. The molecule has 1 heterocycles. The lowest BCUT2D eigenvalue weighted by Gasteiger charge is -2.29. The molecular weight excluding hydrogens is 284 g/mol. The average Bonchev–Trinajstić information content (AvgIpc) is 3.01. The Bertz CT molecular complexity index is 458.